The van der Waals surface area contributed by atoms with Crippen molar-refractivity contribution in [1.82, 2.24) is 10.2 Å². The third kappa shape index (κ3) is 5.57. The second-order valence-electron chi connectivity index (χ2n) is 7.00. The molecule has 0 aliphatic heterocycles. The lowest BCUT2D eigenvalue weighted by Crippen LogP contribution is -2.13. The van der Waals surface area contributed by atoms with Gasteiger partial charge in [-0.3, -0.25) is 9.89 Å². The maximum Gasteiger partial charge on any atom is 0.225 e. The van der Waals surface area contributed by atoms with Gasteiger partial charge >= 0.3 is 0 Å². The van der Waals surface area contributed by atoms with Crippen LogP contribution in [0.1, 0.15) is 31.5 Å². The minimum absolute atomic E-state index is 0.0977. The number of amides is 1. The Morgan fingerprint density at radius 2 is 1.74 bits per heavy atom. The van der Waals surface area contributed by atoms with Crippen molar-refractivity contribution >= 4 is 11.7 Å². The largest absolute Gasteiger partial charge is 0.497 e. The van der Waals surface area contributed by atoms with E-state index in [1.165, 1.54) is 0 Å². The van der Waals surface area contributed by atoms with Gasteiger partial charge in [0, 0.05) is 17.7 Å². The van der Waals surface area contributed by atoms with Crippen LogP contribution in [0, 0.1) is 6.92 Å². The van der Waals surface area contributed by atoms with Crippen molar-refractivity contribution < 1.29 is 19.0 Å². The van der Waals surface area contributed by atoms with Gasteiger partial charge in [-0.1, -0.05) is 18.2 Å². The number of nitrogens with one attached hydrogen (secondary N) is 2. The van der Waals surface area contributed by atoms with Gasteiger partial charge in [-0.05, 0) is 62.6 Å². The molecule has 0 fully saturated rings. The molecule has 7 heteroatoms. The fourth-order valence-electron chi connectivity index (χ4n) is 3.32. The highest BCUT2D eigenvalue weighted by Crippen LogP contribution is 2.36. The highest BCUT2D eigenvalue weighted by atomic mass is 16.5. The number of carbonyl (C=O) groups excluding carboxylic acids is 1. The van der Waals surface area contributed by atoms with Gasteiger partial charge in [-0.25, -0.2) is 0 Å². The Morgan fingerprint density at radius 3 is 2.42 bits per heavy atom. The first-order valence-corrected chi connectivity index (χ1v) is 10.4. The summed E-state index contributed by atoms with van der Waals surface area (Å²) in [6, 6.07) is 13.5. The fraction of sp³-hybridized carbons (Fsp3) is 0.333. The summed E-state index contributed by atoms with van der Waals surface area (Å²) in [4.78, 5) is 12.6. The van der Waals surface area contributed by atoms with Gasteiger partial charge in [0.1, 0.15) is 5.75 Å². The number of benzene rings is 2. The van der Waals surface area contributed by atoms with Crippen LogP contribution >= 0.6 is 0 Å². The Hall–Kier alpha value is -3.48. The first kappa shape index (κ1) is 22.2. The number of hydrogen-bond donors (Lipinski definition) is 2. The van der Waals surface area contributed by atoms with Crippen molar-refractivity contribution in [2.45, 2.75) is 33.6 Å². The highest BCUT2D eigenvalue weighted by molar-refractivity contribution is 5.94. The molecule has 31 heavy (non-hydrogen) atoms. The average Bonchev–Trinajstić information content (AvgIpc) is 3.14. The predicted molar refractivity (Wildman–Crippen MR) is 121 cm³/mol. The molecular weight excluding hydrogens is 394 g/mol. The zero-order valence-corrected chi connectivity index (χ0v) is 18.5. The van der Waals surface area contributed by atoms with Gasteiger partial charge in [-0.15, -0.1) is 0 Å². The summed E-state index contributed by atoms with van der Waals surface area (Å²) in [5, 5.41) is 10.2. The summed E-state index contributed by atoms with van der Waals surface area (Å²) in [6.45, 7) is 6.87. The number of methoxy groups -OCH3 is 1. The molecule has 2 N–H and O–H groups in total. The molecule has 1 heterocycles. The molecule has 0 aliphatic rings. The van der Waals surface area contributed by atoms with E-state index in [4.69, 9.17) is 14.2 Å². The molecule has 0 saturated carbocycles. The van der Waals surface area contributed by atoms with Crippen molar-refractivity contribution in [3.63, 3.8) is 0 Å². The molecule has 0 radical (unpaired) electrons. The third-order valence-electron chi connectivity index (χ3n) is 4.84. The zero-order chi connectivity index (χ0) is 22.2. The second-order valence-corrected chi connectivity index (χ2v) is 7.00. The van der Waals surface area contributed by atoms with Crippen LogP contribution in [0.15, 0.2) is 42.5 Å². The molecule has 164 valence electrons. The number of rotatable bonds is 10. The van der Waals surface area contributed by atoms with Crippen LogP contribution in [-0.2, 0) is 11.2 Å². The fourth-order valence-corrected chi connectivity index (χ4v) is 3.32. The number of hydrogen-bond acceptors (Lipinski definition) is 5. The lowest BCUT2D eigenvalue weighted by molar-refractivity contribution is -0.116. The SMILES string of the molecule is CCOc1ccc(-c2c(NC(=O)CCc3ccc(OC)cc3)n[nH]c2C)cc1OCC. The first-order chi connectivity index (χ1) is 15.0. The minimum atomic E-state index is -0.0977. The van der Waals surface area contributed by atoms with E-state index < -0.39 is 0 Å². The summed E-state index contributed by atoms with van der Waals surface area (Å²) < 4.78 is 16.6. The van der Waals surface area contributed by atoms with Crippen LogP contribution in [0.5, 0.6) is 17.2 Å². The van der Waals surface area contributed by atoms with Crippen LogP contribution < -0.4 is 19.5 Å². The number of ether oxygens (including phenoxy) is 3. The number of aromatic nitrogens is 2. The normalized spacial score (nSPS) is 10.6. The number of aromatic amines is 1. The second kappa shape index (κ2) is 10.5. The van der Waals surface area contributed by atoms with Gasteiger partial charge in [0.15, 0.2) is 17.3 Å². The Kier molecular flexibility index (Phi) is 7.54. The first-order valence-electron chi connectivity index (χ1n) is 10.4. The molecule has 0 atom stereocenters. The topological polar surface area (TPSA) is 85.5 Å². The maximum atomic E-state index is 12.6. The van der Waals surface area contributed by atoms with E-state index in [2.05, 4.69) is 15.5 Å². The lowest BCUT2D eigenvalue weighted by atomic mass is 10.0. The summed E-state index contributed by atoms with van der Waals surface area (Å²) in [5.74, 6) is 2.56. The zero-order valence-electron chi connectivity index (χ0n) is 18.5. The highest BCUT2D eigenvalue weighted by Gasteiger charge is 2.17. The van der Waals surface area contributed by atoms with Crippen molar-refractivity contribution in [3.05, 3.63) is 53.7 Å². The van der Waals surface area contributed by atoms with Crippen LogP contribution in [0.3, 0.4) is 0 Å². The average molecular weight is 424 g/mol. The van der Waals surface area contributed by atoms with E-state index in [-0.39, 0.29) is 5.91 Å². The predicted octanol–water partition coefficient (Wildman–Crippen LogP) is 4.76. The van der Waals surface area contributed by atoms with E-state index in [1.54, 1.807) is 7.11 Å². The van der Waals surface area contributed by atoms with Crippen LogP contribution in [0.2, 0.25) is 0 Å². The lowest BCUT2D eigenvalue weighted by Gasteiger charge is -2.13. The van der Waals surface area contributed by atoms with Crippen LogP contribution in [0.4, 0.5) is 5.82 Å². The quantitative estimate of drug-likeness (QED) is 0.491. The van der Waals surface area contributed by atoms with E-state index in [1.807, 2.05) is 63.2 Å². The Labute approximate surface area is 182 Å². The molecule has 0 aliphatic carbocycles. The summed E-state index contributed by atoms with van der Waals surface area (Å²) >= 11 is 0. The van der Waals surface area contributed by atoms with Gasteiger partial charge < -0.3 is 19.5 Å². The molecule has 2 aromatic carbocycles. The number of H-pyrrole nitrogens is 1. The molecule has 3 rings (SSSR count). The summed E-state index contributed by atoms with van der Waals surface area (Å²) in [7, 11) is 1.63. The standard InChI is InChI=1S/C24H29N3O4/c1-5-30-20-13-10-18(15-21(20)31-6-2)23-16(3)26-27-24(23)25-22(28)14-9-17-7-11-19(29-4)12-8-17/h7-8,10-13,15H,5-6,9,14H2,1-4H3,(H2,25,26,27,28). The minimum Gasteiger partial charge on any atom is -0.497 e. The number of carbonyl (C=O) groups is 1. The van der Waals surface area contributed by atoms with E-state index in [9.17, 15) is 4.79 Å². The van der Waals surface area contributed by atoms with Gasteiger partial charge in [0.2, 0.25) is 5.91 Å². The Bertz CT molecular complexity index is 1010. The Morgan fingerprint density at radius 1 is 1.03 bits per heavy atom. The monoisotopic (exact) mass is 423 g/mol. The van der Waals surface area contributed by atoms with Gasteiger partial charge in [0.25, 0.3) is 0 Å². The summed E-state index contributed by atoms with van der Waals surface area (Å²) in [6.07, 6.45) is 0.983. The number of nitrogens with zero attached hydrogens (tertiary/aromatic N) is 1. The maximum absolute atomic E-state index is 12.6. The van der Waals surface area contributed by atoms with E-state index in [0.29, 0.717) is 43.4 Å². The summed E-state index contributed by atoms with van der Waals surface area (Å²) in [5.41, 5.74) is 3.66. The molecule has 0 unspecified atom stereocenters. The van der Waals surface area contributed by atoms with E-state index >= 15 is 0 Å². The molecule has 1 amide bonds. The van der Waals surface area contributed by atoms with Crippen molar-refractivity contribution in [1.29, 1.82) is 0 Å². The molecular formula is C24H29N3O4. The van der Waals surface area contributed by atoms with Gasteiger partial charge in [0.05, 0.1) is 20.3 Å². The number of anilines is 1. The van der Waals surface area contributed by atoms with Gasteiger partial charge in [-0.2, -0.15) is 5.10 Å². The molecule has 1 aromatic heterocycles. The smallest absolute Gasteiger partial charge is 0.225 e. The molecule has 0 bridgehead atoms. The molecule has 7 nitrogen and oxygen atoms in total. The number of aryl methyl sites for hydroxylation is 2. The van der Waals surface area contributed by atoms with Crippen LogP contribution in [0.25, 0.3) is 11.1 Å². The van der Waals surface area contributed by atoms with Crippen molar-refractivity contribution in [3.8, 4) is 28.4 Å². The molecule has 0 saturated heterocycles. The van der Waals surface area contributed by atoms with E-state index in [0.717, 1.165) is 28.1 Å². The molecule has 3 aromatic rings. The van der Waals surface area contributed by atoms with Crippen molar-refractivity contribution in [2.24, 2.45) is 0 Å². The Balaban J connectivity index is 1.74. The molecule has 0 spiro atoms. The van der Waals surface area contributed by atoms with Crippen molar-refractivity contribution in [2.75, 3.05) is 25.6 Å². The third-order valence-corrected chi connectivity index (χ3v) is 4.84. The van der Waals surface area contributed by atoms with Crippen LogP contribution in [-0.4, -0.2) is 36.4 Å².